The Labute approximate surface area is 197 Å². The highest BCUT2D eigenvalue weighted by Gasteiger charge is 2.52. The van der Waals surface area contributed by atoms with Crippen LogP contribution >= 0.6 is 15.9 Å². The van der Waals surface area contributed by atoms with Crippen molar-refractivity contribution in [2.45, 2.75) is 65.2 Å². The van der Waals surface area contributed by atoms with Crippen molar-refractivity contribution in [1.29, 1.82) is 0 Å². The summed E-state index contributed by atoms with van der Waals surface area (Å²) in [6.45, 7) is 10.5. The van der Waals surface area contributed by atoms with Crippen LogP contribution in [0.15, 0.2) is 30.3 Å². The quantitative estimate of drug-likeness (QED) is 0.428. The van der Waals surface area contributed by atoms with Crippen molar-refractivity contribution >= 4 is 39.6 Å². The van der Waals surface area contributed by atoms with E-state index in [1.807, 2.05) is 0 Å². The molecule has 0 saturated carbocycles. The van der Waals surface area contributed by atoms with Crippen molar-refractivity contribution in [2.75, 3.05) is 11.9 Å². The summed E-state index contributed by atoms with van der Waals surface area (Å²) < 4.78 is 11.1. The minimum Gasteiger partial charge on any atom is -0.460 e. The molecule has 0 aliphatic carbocycles. The Kier molecular flexibility index (Phi) is 8.26. The zero-order valence-electron chi connectivity index (χ0n) is 19.5. The molecule has 0 spiro atoms. The summed E-state index contributed by atoms with van der Waals surface area (Å²) in [5, 5.41) is 0.0525. The lowest BCUT2D eigenvalue weighted by atomic mass is 9.85. The lowest BCUT2D eigenvalue weighted by Crippen LogP contribution is -2.47. The molecule has 0 radical (unpaired) electrons. The van der Waals surface area contributed by atoms with Crippen molar-refractivity contribution in [3.63, 3.8) is 0 Å². The van der Waals surface area contributed by atoms with Crippen LogP contribution in [-0.2, 0) is 23.9 Å². The first kappa shape index (κ1) is 26.0. The van der Waals surface area contributed by atoms with Crippen LogP contribution in [0, 0.1) is 11.8 Å². The summed E-state index contributed by atoms with van der Waals surface area (Å²) in [5.74, 6) is -3.20. The molecule has 1 fully saturated rings. The van der Waals surface area contributed by atoms with E-state index in [1.165, 1.54) is 4.90 Å². The zero-order valence-corrected chi connectivity index (χ0v) is 21.1. The lowest BCUT2D eigenvalue weighted by molar-refractivity contribution is -0.162. The molecule has 0 unspecified atom stereocenters. The average Bonchev–Trinajstić information content (AvgIpc) is 3.03. The summed E-state index contributed by atoms with van der Waals surface area (Å²) in [6, 6.07) is 7.46. The Morgan fingerprint density at radius 3 is 2.03 bits per heavy atom. The molecular formula is C24H32BrNO6. The molecule has 1 aromatic carbocycles. The molecular weight excluding hydrogens is 478 g/mol. The van der Waals surface area contributed by atoms with Crippen molar-refractivity contribution < 1.29 is 28.7 Å². The second-order valence-corrected chi connectivity index (χ2v) is 10.5. The first-order valence-corrected chi connectivity index (χ1v) is 11.7. The maximum Gasteiger partial charge on any atom is 0.329 e. The third kappa shape index (κ3) is 6.89. The highest BCUT2D eigenvalue weighted by Crippen LogP contribution is 2.37. The standard InChI is InChI=1S/C24H32BrNO6/c1-23(2,3)31-19(28)12-16-17(18(27)13-25)14-26(20(16)22(30)32-24(4,5)6)21(29)15-10-8-7-9-11-15/h7-11,16-17,20H,12-14H2,1-6H3/t16-,17-,20-/m0/s1. The molecule has 0 aromatic heterocycles. The molecule has 176 valence electrons. The van der Waals surface area contributed by atoms with E-state index in [9.17, 15) is 19.2 Å². The molecule has 7 nitrogen and oxygen atoms in total. The number of alkyl halides is 1. The van der Waals surface area contributed by atoms with E-state index < -0.39 is 41.0 Å². The van der Waals surface area contributed by atoms with E-state index in [0.29, 0.717) is 5.56 Å². The molecule has 3 atom stereocenters. The van der Waals surface area contributed by atoms with Gasteiger partial charge in [-0.2, -0.15) is 0 Å². The van der Waals surface area contributed by atoms with E-state index in [1.54, 1.807) is 71.9 Å². The van der Waals surface area contributed by atoms with Crippen LogP contribution in [0.4, 0.5) is 0 Å². The van der Waals surface area contributed by atoms with Crippen LogP contribution in [0.25, 0.3) is 0 Å². The SMILES string of the molecule is CC(C)(C)OC(=O)C[C@H]1[C@@H](C(=O)CBr)CN(C(=O)c2ccccc2)[C@@H]1C(=O)OC(C)(C)C. The summed E-state index contributed by atoms with van der Waals surface area (Å²) in [6.07, 6.45) is -0.177. The number of halogens is 1. The van der Waals surface area contributed by atoms with Gasteiger partial charge in [-0.1, -0.05) is 34.1 Å². The Morgan fingerprint density at radius 1 is 0.969 bits per heavy atom. The zero-order chi connectivity index (χ0) is 24.3. The first-order valence-electron chi connectivity index (χ1n) is 10.6. The Bertz CT molecular complexity index is 855. The lowest BCUT2D eigenvalue weighted by Gasteiger charge is -2.30. The highest BCUT2D eigenvalue weighted by molar-refractivity contribution is 9.09. The number of carbonyl (C=O) groups is 4. The number of esters is 2. The molecule has 1 saturated heterocycles. The number of amides is 1. The fourth-order valence-electron chi connectivity index (χ4n) is 3.80. The maximum absolute atomic E-state index is 13.3. The normalized spacial score (nSPS) is 21.2. The summed E-state index contributed by atoms with van der Waals surface area (Å²) >= 11 is 3.19. The van der Waals surface area contributed by atoms with Crippen molar-refractivity contribution in [3.8, 4) is 0 Å². The number of nitrogens with zero attached hydrogens (tertiary/aromatic N) is 1. The van der Waals surface area contributed by atoms with Gasteiger partial charge in [0.1, 0.15) is 23.0 Å². The number of carbonyl (C=O) groups excluding carboxylic acids is 4. The van der Waals surface area contributed by atoms with E-state index >= 15 is 0 Å². The molecule has 32 heavy (non-hydrogen) atoms. The minimum absolute atomic E-state index is 0.0233. The van der Waals surface area contributed by atoms with Gasteiger partial charge in [-0.05, 0) is 53.7 Å². The molecule has 1 aliphatic rings. The number of Topliss-reactive ketones (excluding diaryl/α,β-unsaturated/α-hetero) is 1. The summed E-state index contributed by atoms with van der Waals surface area (Å²) in [5.41, 5.74) is -1.12. The molecule has 1 aromatic rings. The number of rotatable bonds is 6. The topological polar surface area (TPSA) is 90.0 Å². The Morgan fingerprint density at radius 2 is 1.53 bits per heavy atom. The van der Waals surface area contributed by atoms with E-state index in [2.05, 4.69) is 15.9 Å². The van der Waals surface area contributed by atoms with E-state index in [-0.39, 0.29) is 30.0 Å². The molecule has 1 aliphatic heterocycles. The number of hydrogen-bond donors (Lipinski definition) is 0. The molecule has 2 rings (SSSR count). The summed E-state index contributed by atoms with van der Waals surface area (Å²) in [7, 11) is 0. The van der Waals surface area contributed by atoms with Crippen LogP contribution in [0.3, 0.4) is 0 Å². The van der Waals surface area contributed by atoms with Gasteiger partial charge in [0, 0.05) is 23.9 Å². The van der Waals surface area contributed by atoms with Crippen molar-refractivity contribution in [2.24, 2.45) is 11.8 Å². The van der Waals surface area contributed by atoms with Gasteiger partial charge in [-0.15, -0.1) is 0 Å². The number of ether oxygens (including phenoxy) is 2. The van der Waals surface area contributed by atoms with Gasteiger partial charge in [-0.25, -0.2) is 4.79 Å². The van der Waals surface area contributed by atoms with E-state index in [4.69, 9.17) is 9.47 Å². The highest BCUT2D eigenvalue weighted by atomic mass is 79.9. The predicted octanol–water partition coefficient (Wildman–Crippen LogP) is 3.78. The molecule has 1 amide bonds. The summed E-state index contributed by atoms with van der Waals surface area (Å²) in [4.78, 5) is 53.4. The largest absolute Gasteiger partial charge is 0.460 e. The van der Waals surface area contributed by atoms with Gasteiger partial charge in [0.25, 0.3) is 5.91 Å². The molecule has 1 heterocycles. The smallest absolute Gasteiger partial charge is 0.329 e. The number of likely N-dealkylation sites (tertiary alicyclic amines) is 1. The number of hydrogen-bond acceptors (Lipinski definition) is 6. The number of benzene rings is 1. The van der Waals surface area contributed by atoms with Crippen LogP contribution in [0.5, 0.6) is 0 Å². The Hall–Kier alpha value is -2.22. The minimum atomic E-state index is -1.08. The monoisotopic (exact) mass is 509 g/mol. The van der Waals surface area contributed by atoms with Crippen molar-refractivity contribution in [3.05, 3.63) is 35.9 Å². The fourth-order valence-corrected chi connectivity index (χ4v) is 4.22. The average molecular weight is 510 g/mol. The van der Waals surface area contributed by atoms with Crippen LogP contribution in [0.2, 0.25) is 0 Å². The van der Waals surface area contributed by atoms with Gasteiger partial charge in [0.05, 0.1) is 11.8 Å². The number of ketones is 1. The fraction of sp³-hybridized carbons (Fsp3) is 0.583. The van der Waals surface area contributed by atoms with Gasteiger partial charge in [-0.3, -0.25) is 14.4 Å². The first-order chi connectivity index (χ1) is 14.7. The maximum atomic E-state index is 13.3. The molecule has 8 heteroatoms. The third-order valence-corrected chi connectivity index (χ3v) is 5.50. The van der Waals surface area contributed by atoms with Gasteiger partial charge < -0.3 is 14.4 Å². The van der Waals surface area contributed by atoms with Crippen molar-refractivity contribution in [1.82, 2.24) is 4.90 Å². The van der Waals surface area contributed by atoms with Crippen LogP contribution < -0.4 is 0 Å². The third-order valence-electron chi connectivity index (χ3n) is 4.95. The van der Waals surface area contributed by atoms with Gasteiger partial charge in [0.2, 0.25) is 0 Å². The molecule has 0 bridgehead atoms. The predicted molar refractivity (Wildman–Crippen MR) is 123 cm³/mol. The van der Waals surface area contributed by atoms with Gasteiger partial charge in [0.15, 0.2) is 0 Å². The van der Waals surface area contributed by atoms with E-state index in [0.717, 1.165) is 0 Å². The second-order valence-electron chi connectivity index (χ2n) is 9.96. The second kappa shape index (κ2) is 10.1. The van der Waals surface area contributed by atoms with Crippen LogP contribution in [0.1, 0.15) is 58.3 Å². The van der Waals surface area contributed by atoms with Gasteiger partial charge >= 0.3 is 11.9 Å². The molecule has 0 N–H and O–H groups in total. The Balaban J connectivity index is 2.47. The van der Waals surface area contributed by atoms with Crippen LogP contribution in [-0.4, -0.2) is 57.6 Å².